The van der Waals surface area contributed by atoms with Crippen LogP contribution in [-0.4, -0.2) is 63.0 Å². The number of carbonyl (C=O) groups excluding carboxylic acids is 2. The second-order valence-electron chi connectivity index (χ2n) is 10.2. The first kappa shape index (κ1) is 23.4. The van der Waals surface area contributed by atoms with Gasteiger partial charge in [0.1, 0.15) is 23.3 Å². The number of nitrogens with one attached hydrogen (secondary N) is 1. The Balaban J connectivity index is 1.33. The van der Waals surface area contributed by atoms with Gasteiger partial charge in [-0.1, -0.05) is 19.9 Å². The number of amides is 1. The van der Waals surface area contributed by atoms with E-state index < -0.39 is 0 Å². The lowest BCUT2D eigenvalue weighted by atomic mass is 10.0. The molecule has 2 N–H and O–H groups in total. The molecule has 0 unspecified atom stereocenters. The first-order valence-electron chi connectivity index (χ1n) is 12.3. The van der Waals surface area contributed by atoms with Crippen molar-refractivity contribution in [2.24, 2.45) is 5.92 Å². The maximum absolute atomic E-state index is 13.4. The van der Waals surface area contributed by atoms with Gasteiger partial charge < -0.3 is 19.6 Å². The Morgan fingerprint density at radius 1 is 1.14 bits per heavy atom. The molecule has 1 saturated heterocycles. The maximum atomic E-state index is 13.4. The van der Waals surface area contributed by atoms with Crippen molar-refractivity contribution in [3.05, 3.63) is 52.7 Å². The molecule has 0 atom stereocenters. The van der Waals surface area contributed by atoms with Crippen molar-refractivity contribution in [2.45, 2.75) is 52.3 Å². The lowest BCUT2D eigenvalue weighted by molar-refractivity contribution is 0.0748. The van der Waals surface area contributed by atoms with Gasteiger partial charge in [0.2, 0.25) is 0 Å². The third-order valence-electron chi connectivity index (χ3n) is 6.92. The van der Waals surface area contributed by atoms with Gasteiger partial charge in [0, 0.05) is 44.1 Å². The summed E-state index contributed by atoms with van der Waals surface area (Å²) in [5.74, 6) is 0.548. The molecule has 0 bridgehead atoms. The van der Waals surface area contributed by atoms with Crippen molar-refractivity contribution >= 4 is 22.6 Å². The van der Waals surface area contributed by atoms with Crippen molar-refractivity contribution in [1.82, 2.24) is 20.0 Å². The molecule has 5 rings (SSSR count). The summed E-state index contributed by atoms with van der Waals surface area (Å²) in [6, 6.07) is 9.09. The van der Waals surface area contributed by atoms with Crippen LogP contribution in [0.1, 0.15) is 65.1 Å². The van der Waals surface area contributed by atoms with Gasteiger partial charge in [0.25, 0.3) is 5.91 Å². The molecule has 184 valence electrons. The molecule has 3 aromatic rings. The van der Waals surface area contributed by atoms with Crippen molar-refractivity contribution < 1.29 is 19.4 Å². The zero-order chi connectivity index (χ0) is 24.7. The molecule has 0 radical (unpaired) electrons. The van der Waals surface area contributed by atoms with Crippen LogP contribution in [0.5, 0.6) is 11.5 Å². The number of hydrogen-bond acceptors (Lipinski definition) is 6. The zero-order valence-electron chi connectivity index (χ0n) is 20.5. The summed E-state index contributed by atoms with van der Waals surface area (Å²) >= 11 is 0. The molecule has 1 amide bonds. The minimum atomic E-state index is -0.276. The molecule has 1 fully saturated rings. The fourth-order valence-electron chi connectivity index (χ4n) is 4.96. The number of piperidine rings is 1. The van der Waals surface area contributed by atoms with Crippen LogP contribution in [0, 0.1) is 5.92 Å². The number of ether oxygens (including phenoxy) is 1. The first-order valence-corrected chi connectivity index (χ1v) is 12.3. The number of ketones is 1. The first-order chi connectivity index (χ1) is 16.8. The third kappa shape index (κ3) is 4.75. The number of carbonyl (C=O) groups is 2. The van der Waals surface area contributed by atoms with E-state index >= 15 is 0 Å². The van der Waals surface area contributed by atoms with E-state index in [0.717, 1.165) is 42.8 Å². The van der Waals surface area contributed by atoms with Crippen LogP contribution in [0.25, 0.3) is 10.9 Å². The number of fused-ring (bicyclic) bond motifs is 2. The van der Waals surface area contributed by atoms with E-state index in [4.69, 9.17) is 4.74 Å². The second kappa shape index (κ2) is 9.34. The number of H-pyrrole nitrogens is 1. The number of rotatable bonds is 6. The molecule has 2 aliphatic rings. The summed E-state index contributed by atoms with van der Waals surface area (Å²) in [4.78, 5) is 30.1. The molecule has 1 aromatic heterocycles. The van der Waals surface area contributed by atoms with Gasteiger partial charge in [-0.2, -0.15) is 5.10 Å². The number of aromatic nitrogens is 2. The minimum absolute atomic E-state index is 0.0824. The zero-order valence-corrected chi connectivity index (χ0v) is 20.5. The predicted octanol–water partition coefficient (Wildman–Crippen LogP) is 4.13. The van der Waals surface area contributed by atoms with E-state index in [0.29, 0.717) is 36.1 Å². The van der Waals surface area contributed by atoms with Crippen molar-refractivity contribution in [1.29, 1.82) is 0 Å². The second-order valence-corrected chi connectivity index (χ2v) is 10.2. The largest absolute Gasteiger partial charge is 0.507 e. The predicted molar refractivity (Wildman–Crippen MR) is 133 cm³/mol. The van der Waals surface area contributed by atoms with E-state index in [9.17, 15) is 14.7 Å². The van der Waals surface area contributed by atoms with Crippen LogP contribution in [0.3, 0.4) is 0 Å². The number of phenolic OH excluding ortho intramolecular Hbond substituents is 1. The number of aromatic hydroxyl groups is 1. The molecule has 0 aliphatic carbocycles. The molecule has 35 heavy (non-hydrogen) atoms. The van der Waals surface area contributed by atoms with Gasteiger partial charge in [-0.25, -0.2) is 0 Å². The van der Waals surface area contributed by atoms with Crippen LogP contribution in [0.15, 0.2) is 30.3 Å². The molecular weight excluding hydrogens is 444 g/mol. The van der Waals surface area contributed by atoms with Crippen molar-refractivity contribution in [2.75, 3.05) is 20.1 Å². The number of benzene rings is 2. The number of likely N-dealkylation sites (tertiary alicyclic amines) is 1. The van der Waals surface area contributed by atoms with Crippen LogP contribution in [0.4, 0.5) is 0 Å². The monoisotopic (exact) mass is 476 g/mol. The van der Waals surface area contributed by atoms with Gasteiger partial charge in [0.15, 0.2) is 5.78 Å². The molecular formula is C27H32N4O4. The summed E-state index contributed by atoms with van der Waals surface area (Å²) in [5, 5.41) is 18.1. The molecule has 8 nitrogen and oxygen atoms in total. The average Bonchev–Trinajstić information content (AvgIpc) is 3.42. The Bertz CT molecular complexity index is 1270. The Morgan fingerprint density at radius 2 is 1.89 bits per heavy atom. The highest BCUT2D eigenvalue weighted by atomic mass is 16.5. The summed E-state index contributed by atoms with van der Waals surface area (Å²) in [6.45, 7) is 6.93. The molecule has 2 aliphatic heterocycles. The SMILES string of the molecule is CC(C)CC(=O)c1n[nH]c2cc(O)c(C(=O)N3Cc4ccc(OC5CCN(C)CC5)cc4C3)cc12. The fraction of sp³-hybridized carbons (Fsp3) is 0.444. The highest BCUT2D eigenvalue weighted by Crippen LogP contribution is 2.32. The van der Waals surface area contributed by atoms with Gasteiger partial charge in [-0.3, -0.25) is 14.7 Å². The lowest BCUT2D eigenvalue weighted by Crippen LogP contribution is -2.35. The summed E-state index contributed by atoms with van der Waals surface area (Å²) < 4.78 is 6.22. The Kier molecular flexibility index (Phi) is 6.23. The van der Waals surface area contributed by atoms with E-state index in [-0.39, 0.29) is 35.0 Å². The minimum Gasteiger partial charge on any atom is -0.507 e. The Labute approximate surface area is 204 Å². The Hall–Kier alpha value is -3.39. The number of aromatic amines is 1. The Morgan fingerprint density at radius 3 is 2.63 bits per heavy atom. The molecule has 2 aromatic carbocycles. The number of phenols is 1. The normalized spacial score (nSPS) is 16.7. The van der Waals surface area contributed by atoms with Gasteiger partial charge in [-0.05, 0) is 55.1 Å². The molecule has 8 heteroatoms. The molecule has 0 saturated carbocycles. The summed E-state index contributed by atoms with van der Waals surface area (Å²) in [5.41, 5.74) is 3.15. The van der Waals surface area contributed by atoms with E-state index in [2.05, 4.69) is 22.1 Å². The van der Waals surface area contributed by atoms with Crippen molar-refractivity contribution in [3.8, 4) is 11.5 Å². The van der Waals surface area contributed by atoms with Crippen LogP contribution >= 0.6 is 0 Å². The standard InChI is InChI=1S/C27H32N4O4/c1-16(2)10-25(33)26-21-12-22(24(32)13-23(21)28-29-26)27(34)31-14-17-4-5-20(11-18(17)15-31)35-19-6-8-30(3)9-7-19/h4-5,11-13,16,19,32H,6-10,14-15H2,1-3H3,(H,28,29). The topological polar surface area (TPSA) is 98.8 Å². The van der Waals surface area contributed by atoms with Gasteiger partial charge in [-0.15, -0.1) is 0 Å². The maximum Gasteiger partial charge on any atom is 0.258 e. The fourth-order valence-corrected chi connectivity index (χ4v) is 4.96. The molecule has 0 spiro atoms. The molecule has 3 heterocycles. The highest BCUT2D eigenvalue weighted by molar-refractivity contribution is 6.09. The lowest BCUT2D eigenvalue weighted by Gasteiger charge is -2.29. The quantitative estimate of drug-likeness (QED) is 0.519. The van der Waals surface area contributed by atoms with Crippen molar-refractivity contribution in [3.63, 3.8) is 0 Å². The number of hydrogen-bond donors (Lipinski definition) is 2. The highest BCUT2D eigenvalue weighted by Gasteiger charge is 2.28. The average molecular weight is 477 g/mol. The van der Waals surface area contributed by atoms with Gasteiger partial charge in [0.05, 0.1) is 11.1 Å². The summed E-state index contributed by atoms with van der Waals surface area (Å²) in [7, 11) is 2.13. The number of Topliss-reactive ketones (excluding diaryl/α,β-unsaturated/α-hetero) is 1. The van der Waals surface area contributed by atoms with Gasteiger partial charge >= 0.3 is 0 Å². The van der Waals surface area contributed by atoms with Crippen LogP contribution < -0.4 is 4.74 Å². The van der Waals surface area contributed by atoms with Crippen LogP contribution in [0.2, 0.25) is 0 Å². The number of nitrogens with zero attached hydrogens (tertiary/aromatic N) is 3. The van der Waals surface area contributed by atoms with E-state index in [1.807, 2.05) is 32.0 Å². The van der Waals surface area contributed by atoms with E-state index in [1.165, 1.54) is 6.07 Å². The summed E-state index contributed by atoms with van der Waals surface area (Å²) in [6.07, 6.45) is 2.60. The van der Waals surface area contributed by atoms with E-state index in [1.54, 1.807) is 11.0 Å². The smallest absolute Gasteiger partial charge is 0.258 e. The van der Waals surface area contributed by atoms with Crippen LogP contribution in [-0.2, 0) is 13.1 Å². The third-order valence-corrected chi connectivity index (χ3v) is 6.92.